The molecule has 0 saturated carbocycles. The van der Waals surface area contributed by atoms with Crippen LogP contribution in [0.3, 0.4) is 0 Å². The van der Waals surface area contributed by atoms with Crippen molar-refractivity contribution in [2.75, 3.05) is 23.0 Å². The molecule has 31 heavy (non-hydrogen) atoms. The maximum atomic E-state index is 11.7. The third-order valence-corrected chi connectivity index (χ3v) is 10.4. The summed E-state index contributed by atoms with van der Waals surface area (Å²) in [5, 5.41) is 0.651. The van der Waals surface area contributed by atoms with E-state index < -0.39 is 0 Å². The normalized spacial score (nSPS) is 12.6. The molecule has 164 valence electrons. The van der Waals surface area contributed by atoms with E-state index >= 15 is 0 Å². The summed E-state index contributed by atoms with van der Waals surface area (Å²) in [6, 6.07) is 20.6. The molecule has 0 aromatic heterocycles. The van der Waals surface area contributed by atoms with Crippen LogP contribution >= 0.6 is 58.8 Å². The highest BCUT2D eigenvalue weighted by Crippen LogP contribution is 2.32. The molecule has 0 fully saturated rings. The summed E-state index contributed by atoms with van der Waals surface area (Å²) in [4.78, 5) is 25.8. The number of carbonyl (C=O) groups excluding carboxylic acids is 2. The van der Waals surface area contributed by atoms with Crippen LogP contribution in [0.5, 0.6) is 0 Å². The molecule has 0 aliphatic rings. The second-order valence-electron chi connectivity index (χ2n) is 6.31. The van der Waals surface area contributed by atoms with E-state index in [1.165, 1.54) is 45.5 Å². The van der Waals surface area contributed by atoms with Gasteiger partial charge in [-0.25, -0.2) is 0 Å². The SMILES string of the molecule is C=CC(=O)SCC(CSCC(CSC(=O)C=C)Sc1ccccc1)Sc1ccccc1. The fourth-order valence-electron chi connectivity index (χ4n) is 2.41. The Morgan fingerprint density at radius 2 is 1.06 bits per heavy atom. The van der Waals surface area contributed by atoms with Crippen LogP contribution in [0, 0.1) is 0 Å². The van der Waals surface area contributed by atoms with Crippen molar-refractivity contribution in [1.82, 2.24) is 0 Å². The van der Waals surface area contributed by atoms with E-state index in [9.17, 15) is 9.59 Å². The molecule has 0 bridgehead atoms. The lowest BCUT2D eigenvalue weighted by Crippen LogP contribution is -2.16. The van der Waals surface area contributed by atoms with Crippen LogP contribution in [0.4, 0.5) is 0 Å². The van der Waals surface area contributed by atoms with Crippen molar-refractivity contribution in [1.29, 1.82) is 0 Å². The molecular formula is C24H26O2S5. The standard InChI is InChI=1S/C24H26O2S5/c1-3-23(25)28-17-21(30-19-11-7-5-8-12-19)15-27-16-22(18-29-24(26)4-2)31-20-13-9-6-10-14-20/h3-14,21-22H,1-2,15-18H2. The van der Waals surface area contributed by atoms with Crippen molar-refractivity contribution in [2.45, 2.75) is 20.3 Å². The molecule has 0 heterocycles. The number of carbonyl (C=O) groups is 2. The molecule has 2 unspecified atom stereocenters. The maximum Gasteiger partial charge on any atom is 0.211 e. The lowest BCUT2D eigenvalue weighted by atomic mass is 10.4. The topological polar surface area (TPSA) is 34.1 Å². The molecule has 2 atom stereocenters. The fourth-order valence-corrected chi connectivity index (χ4v) is 8.25. The Labute approximate surface area is 206 Å². The monoisotopic (exact) mass is 506 g/mol. The zero-order valence-electron chi connectivity index (χ0n) is 17.2. The Kier molecular flexibility index (Phi) is 13.3. The lowest BCUT2D eigenvalue weighted by molar-refractivity contribution is -0.107. The highest BCUT2D eigenvalue weighted by Gasteiger charge is 2.17. The highest BCUT2D eigenvalue weighted by atomic mass is 32.2. The van der Waals surface area contributed by atoms with Crippen LogP contribution in [0.1, 0.15) is 0 Å². The summed E-state index contributed by atoms with van der Waals surface area (Å²) >= 11 is 8.16. The Morgan fingerprint density at radius 3 is 1.42 bits per heavy atom. The third-order valence-electron chi connectivity index (χ3n) is 3.86. The maximum absolute atomic E-state index is 11.7. The van der Waals surface area contributed by atoms with Gasteiger partial charge in [0.15, 0.2) is 0 Å². The first kappa shape index (κ1) is 26.3. The quantitative estimate of drug-likeness (QED) is 0.203. The summed E-state index contributed by atoms with van der Waals surface area (Å²) in [6.45, 7) is 7.13. The number of rotatable bonds is 14. The molecule has 0 spiro atoms. The lowest BCUT2D eigenvalue weighted by Gasteiger charge is -2.19. The van der Waals surface area contributed by atoms with Gasteiger partial charge in [0, 0.05) is 43.3 Å². The molecule has 0 radical (unpaired) electrons. The average molecular weight is 507 g/mol. The van der Waals surface area contributed by atoms with Crippen LogP contribution < -0.4 is 0 Å². The van der Waals surface area contributed by atoms with E-state index in [1.54, 1.807) is 0 Å². The minimum atomic E-state index is 0.0144. The third kappa shape index (κ3) is 11.4. The fraction of sp³-hybridized carbons (Fsp3) is 0.250. The van der Waals surface area contributed by atoms with Gasteiger partial charge >= 0.3 is 0 Å². The Bertz CT molecular complexity index is 757. The molecule has 2 nitrogen and oxygen atoms in total. The van der Waals surface area contributed by atoms with Crippen molar-refractivity contribution in [3.63, 3.8) is 0 Å². The number of benzene rings is 2. The van der Waals surface area contributed by atoms with Crippen LogP contribution in [0.2, 0.25) is 0 Å². The molecule has 2 aromatic rings. The van der Waals surface area contributed by atoms with E-state index in [0.29, 0.717) is 10.5 Å². The van der Waals surface area contributed by atoms with Gasteiger partial charge < -0.3 is 0 Å². The Hall–Kier alpha value is -0.990. The number of hydrogen-bond acceptors (Lipinski definition) is 7. The second-order valence-corrected chi connectivity index (χ2v) is 12.2. The number of thioether (sulfide) groups is 5. The van der Waals surface area contributed by atoms with Gasteiger partial charge in [0.25, 0.3) is 0 Å². The molecule has 0 aliphatic carbocycles. The first-order valence-electron chi connectivity index (χ1n) is 9.70. The zero-order chi connectivity index (χ0) is 22.3. The van der Waals surface area contributed by atoms with E-state index in [4.69, 9.17) is 0 Å². The summed E-state index contributed by atoms with van der Waals surface area (Å²) < 4.78 is 0. The average Bonchev–Trinajstić information content (AvgIpc) is 2.81. The van der Waals surface area contributed by atoms with Crippen LogP contribution in [-0.2, 0) is 9.59 Å². The molecule has 2 rings (SSSR count). The molecular weight excluding hydrogens is 481 g/mol. The highest BCUT2D eigenvalue weighted by molar-refractivity contribution is 8.15. The minimum Gasteiger partial charge on any atom is -0.282 e. The summed E-state index contributed by atoms with van der Waals surface area (Å²) in [5.41, 5.74) is 0. The smallest absolute Gasteiger partial charge is 0.211 e. The Morgan fingerprint density at radius 1 is 0.677 bits per heavy atom. The van der Waals surface area contributed by atoms with Gasteiger partial charge in [-0.1, -0.05) is 73.1 Å². The van der Waals surface area contributed by atoms with Gasteiger partial charge in [-0.2, -0.15) is 11.8 Å². The number of hydrogen-bond donors (Lipinski definition) is 0. The van der Waals surface area contributed by atoms with Gasteiger partial charge in [0.1, 0.15) is 0 Å². The summed E-state index contributed by atoms with van der Waals surface area (Å²) in [7, 11) is 0. The van der Waals surface area contributed by atoms with Gasteiger partial charge in [-0.05, 0) is 36.4 Å². The van der Waals surface area contributed by atoms with Gasteiger partial charge in [0.2, 0.25) is 10.2 Å². The Balaban J connectivity index is 1.94. The zero-order valence-corrected chi connectivity index (χ0v) is 21.3. The van der Waals surface area contributed by atoms with Crippen LogP contribution in [0.15, 0.2) is 95.8 Å². The largest absolute Gasteiger partial charge is 0.282 e. The molecule has 0 amide bonds. The van der Waals surface area contributed by atoms with E-state index in [2.05, 4.69) is 37.4 Å². The molecule has 0 N–H and O–H groups in total. The predicted molar refractivity (Wildman–Crippen MR) is 145 cm³/mol. The summed E-state index contributed by atoms with van der Waals surface area (Å²) in [5.74, 6) is 3.36. The first-order chi connectivity index (χ1) is 15.1. The van der Waals surface area contributed by atoms with Gasteiger partial charge in [-0.3, -0.25) is 9.59 Å². The van der Waals surface area contributed by atoms with Crippen molar-refractivity contribution in [2.24, 2.45) is 0 Å². The predicted octanol–water partition coefficient (Wildman–Crippen LogP) is 6.93. The molecule has 2 aromatic carbocycles. The molecule has 7 heteroatoms. The van der Waals surface area contributed by atoms with E-state index in [1.807, 2.05) is 71.7 Å². The van der Waals surface area contributed by atoms with E-state index in [0.717, 1.165) is 23.0 Å². The first-order valence-corrected chi connectivity index (χ1v) is 14.6. The summed E-state index contributed by atoms with van der Waals surface area (Å²) in [6.07, 6.45) is 2.75. The van der Waals surface area contributed by atoms with E-state index in [-0.39, 0.29) is 10.2 Å². The van der Waals surface area contributed by atoms with Crippen LogP contribution in [-0.4, -0.2) is 43.7 Å². The van der Waals surface area contributed by atoms with Crippen molar-refractivity contribution in [3.8, 4) is 0 Å². The van der Waals surface area contributed by atoms with Gasteiger partial charge in [-0.15, -0.1) is 23.5 Å². The van der Waals surface area contributed by atoms with Crippen molar-refractivity contribution in [3.05, 3.63) is 86.0 Å². The van der Waals surface area contributed by atoms with Crippen molar-refractivity contribution < 1.29 is 9.59 Å². The molecule has 0 saturated heterocycles. The second kappa shape index (κ2) is 15.8. The minimum absolute atomic E-state index is 0.0144. The van der Waals surface area contributed by atoms with Crippen molar-refractivity contribution >= 4 is 69.0 Å². The van der Waals surface area contributed by atoms with Crippen LogP contribution in [0.25, 0.3) is 0 Å². The van der Waals surface area contributed by atoms with Gasteiger partial charge in [0.05, 0.1) is 0 Å². The molecule has 0 aliphatic heterocycles.